The Balaban J connectivity index is 3.05. The summed E-state index contributed by atoms with van der Waals surface area (Å²) in [5.41, 5.74) is 5.26. The first-order chi connectivity index (χ1) is 10.8. The highest BCUT2D eigenvalue weighted by Gasteiger charge is 2.22. The maximum Gasteiger partial charge on any atom is 0.323 e. The Hall–Kier alpha value is -2.77. The van der Waals surface area contributed by atoms with E-state index in [-0.39, 0.29) is 29.7 Å². The monoisotopic (exact) mass is 324 g/mol. The largest absolute Gasteiger partial charge is 0.493 e. The number of aliphatic carboxylic acids is 1. The van der Waals surface area contributed by atoms with Gasteiger partial charge in [-0.2, -0.15) is 0 Å². The van der Waals surface area contributed by atoms with Crippen molar-refractivity contribution in [2.24, 2.45) is 5.73 Å². The molecule has 8 nitrogen and oxygen atoms in total. The van der Waals surface area contributed by atoms with Gasteiger partial charge in [0.1, 0.15) is 6.54 Å². The van der Waals surface area contributed by atoms with Crippen molar-refractivity contribution >= 4 is 17.8 Å². The van der Waals surface area contributed by atoms with E-state index in [1.54, 1.807) is 13.8 Å². The van der Waals surface area contributed by atoms with E-state index >= 15 is 0 Å². The summed E-state index contributed by atoms with van der Waals surface area (Å²) in [5, 5.41) is 8.91. The van der Waals surface area contributed by atoms with Crippen molar-refractivity contribution in [1.29, 1.82) is 0 Å². The van der Waals surface area contributed by atoms with Crippen LogP contribution in [0.1, 0.15) is 24.2 Å². The molecular weight excluding hydrogens is 304 g/mol. The van der Waals surface area contributed by atoms with Gasteiger partial charge >= 0.3 is 5.97 Å². The van der Waals surface area contributed by atoms with Crippen LogP contribution in [0.2, 0.25) is 0 Å². The van der Waals surface area contributed by atoms with Crippen LogP contribution < -0.4 is 15.2 Å². The van der Waals surface area contributed by atoms with E-state index in [1.807, 2.05) is 0 Å². The van der Waals surface area contributed by atoms with Gasteiger partial charge in [-0.05, 0) is 32.0 Å². The molecule has 1 aromatic rings. The normalized spacial score (nSPS) is 10.3. The molecule has 0 aliphatic heterocycles. The quantitative estimate of drug-likeness (QED) is 0.718. The van der Waals surface area contributed by atoms with Crippen LogP contribution in [0.15, 0.2) is 18.2 Å². The first kappa shape index (κ1) is 18.3. The van der Waals surface area contributed by atoms with Gasteiger partial charge in [-0.25, -0.2) is 0 Å². The zero-order valence-electron chi connectivity index (χ0n) is 13.2. The van der Waals surface area contributed by atoms with Gasteiger partial charge in [0.2, 0.25) is 0 Å². The van der Waals surface area contributed by atoms with E-state index in [0.29, 0.717) is 0 Å². The zero-order valence-corrected chi connectivity index (χ0v) is 13.2. The molecule has 126 valence electrons. The third-order valence-electron chi connectivity index (χ3n) is 2.97. The summed E-state index contributed by atoms with van der Waals surface area (Å²) in [6, 6.07) is 4.08. The number of carbonyl (C=O) groups is 3. The van der Waals surface area contributed by atoms with Gasteiger partial charge in [0, 0.05) is 11.6 Å². The number of methoxy groups -OCH3 is 1. The molecule has 0 fully saturated rings. The fourth-order valence-electron chi connectivity index (χ4n) is 1.87. The molecule has 0 aromatic heterocycles. The Bertz CT molecular complexity index is 600. The number of primary amides is 1. The van der Waals surface area contributed by atoms with Crippen LogP contribution in [0.25, 0.3) is 0 Å². The highest BCUT2D eigenvalue weighted by molar-refractivity contribution is 5.96. The van der Waals surface area contributed by atoms with Crippen LogP contribution in [-0.4, -0.2) is 54.1 Å². The van der Waals surface area contributed by atoms with E-state index in [1.165, 1.54) is 30.2 Å². The number of hydrogen-bond acceptors (Lipinski definition) is 5. The van der Waals surface area contributed by atoms with Crippen LogP contribution in [0.3, 0.4) is 0 Å². The Morgan fingerprint density at radius 2 is 1.91 bits per heavy atom. The number of carbonyl (C=O) groups excluding carboxylic acids is 2. The minimum Gasteiger partial charge on any atom is -0.493 e. The predicted molar refractivity (Wildman–Crippen MR) is 81.5 cm³/mol. The molecule has 1 rings (SSSR count). The lowest BCUT2D eigenvalue weighted by atomic mass is 10.1. The van der Waals surface area contributed by atoms with Crippen molar-refractivity contribution in [1.82, 2.24) is 4.90 Å². The minimum atomic E-state index is -1.10. The van der Waals surface area contributed by atoms with Gasteiger partial charge in [0.05, 0.1) is 7.11 Å². The Labute approximate surface area is 133 Å². The number of hydrogen-bond donors (Lipinski definition) is 2. The second-order valence-electron chi connectivity index (χ2n) is 5.04. The fourth-order valence-corrected chi connectivity index (χ4v) is 1.87. The molecule has 2 amide bonds. The molecule has 0 radical (unpaired) electrons. The highest BCUT2D eigenvalue weighted by Crippen LogP contribution is 2.28. The molecule has 23 heavy (non-hydrogen) atoms. The van der Waals surface area contributed by atoms with Gasteiger partial charge in [0.25, 0.3) is 11.8 Å². The summed E-state index contributed by atoms with van der Waals surface area (Å²) >= 11 is 0. The van der Waals surface area contributed by atoms with Crippen LogP contribution in [0, 0.1) is 0 Å². The molecule has 3 N–H and O–H groups in total. The number of benzene rings is 1. The van der Waals surface area contributed by atoms with Crippen LogP contribution in [0.4, 0.5) is 0 Å². The van der Waals surface area contributed by atoms with Gasteiger partial charge in [-0.15, -0.1) is 0 Å². The first-order valence-corrected chi connectivity index (χ1v) is 6.88. The Morgan fingerprint density at radius 3 is 2.39 bits per heavy atom. The lowest BCUT2D eigenvalue weighted by molar-refractivity contribution is -0.138. The SMILES string of the molecule is COc1cc(C(=O)N(CC(=O)O)C(C)C)ccc1OCC(N)=O. The third-order valence-corrected chi connectivity index (χ3v) is 2.97. The molecule has 0 aliphatic carbocycles. The highest BCUT2D eigenvalue weighted by atomic mass is 16.5. The van der Waals surface area contributed by atoms with Crippen LogP contribution >= 0.6 is 0 Å². The summed E-state index contributed by atoms with van der Waals surface area (Å²) in [4.78, 5) is 35.3. The lowest BCUT2D eigenvalue weighted by Gasteiger charge is -2.25. The number of nitrogens with two attached hydrogens (primary N) is 1. The zero-order chi connectivity index (χ0) is 17.6. The van der Waals surface area contributed by atoms with Crippen molar-refractivity contribution in [3.8, 4) is 11.5 Å². The van der Waals surface area contributed by atoms with E-state index in [2.05, 4.69) is 0 Å². The molecule has 0 atom stereocenters. The third kappa shape index (κ3) is 5.17. The molecule has 0 spiro atoms. The maximum absolute atomic E-state index is 12.5. The van der Waals surface area contributed by atoms with E-state index < -0.39 is 24.3 Å². The van der Waals surface area contributed by atoms with Crippen molar-refractivity contribution in [3.63, 3.8) is 0 Å². The summed E-state index contributed by atoms with van der Waals surface area (Å²) < 4.78 is 10.3. The number of rotatable bonds is 8. The molecule has 0 saturated heterocycles. The van der Waals surface area contributed by atoms with Gasteiger partial charge in [0.15, 0.2) is 18.1 Å². The average Bonchev–Trinajstić information content (AvgIpc) is 2.49. The van der Waals surface area contributed by atoms with Gasteiger partial charge < -0.3 is 25.2 Å². The second-order valence-corrected chi connectivity index (χ2v) is 5.04. The standard InChI is InChI=1S/C15H20N2O6/c1-9(2)17(7-14(19)20)15(21)10-4-5-11(12(6-10)22-3)23-8-13(16)18/h4-6,9H,7-8H2,1-3H3,(H2,16,18)(H,19,20). The molecule has 0 heterocycles. The van der Waals surface area contributed by atoms with Crippen LogP contribution in [0.5, 0.6) is 11.5 Å². The van der Waals surface area contributed by atoms with Crippen molar-refractivity contribution in [2.75, 3.05) is 20.3 Å². The first-order valence-electron chi connectivity index (χ1n) is 6.88. The topological polar surface area (TPSA) is 119 Å². The Kier molecular flexibility index (Phi) is 6.37. The molecule has 1 aromatic carbocycles. The number of amides is 2. The van der Waals surface area contributed by atoms with Crippen molar-refractivity contribution in [3.05, 3.63) is 23.8 Å². The average molecular weight is 324 g/mol. The molecule has 0 saturated carbocycles. The van der Waals surface area contributed by atoms with Gasteiger partial charge in [-0.1, -0.05) is 0 Å². The molecule has 0 unspecified atom stereocenters. The molecular formula is C15H20N2O6. The van der Waals surface area contributed by atoms with E-state index in [0.717, 1.165) is 0 Å². The second kappa shape index (κ2) is 8.02. The number of nitrogens with zero attached hydrogens (tertiary/aromatic N) is 1. The van der Waals surface area contributed by atoms with Crippen molar-refractivity contribution in [2.45, 2.75) is 19.9 Å². The predicted octanol–water partition coefficient (Wildman–Crippen LogP) is 0.494. The van der Waals surface area contributed by atoms with E-state index in [9.17, 15) is 14.4 Å². The van der Waals surface area contributed by atoms with Crippen molar-refractivity contribution < 1.29 is 29.0 Å². The molecule has 8 heteroatoms. The number of carboxylic acid groups (broad SMARTS) is 1. The molecule has 0 aliphatic rings. The lowest BCUT2D eigenvalue weighted by Crippen LogP contribution is -2.40. The molecule has 0 bridgehead atoms. The maximum atomic E-state index is 12.5. The fraction of sp³-hybridized carbons (Fsp3) is 0.400. The Morgan fingerprint density at radius 1 is 1.26 bits per heavy atom. The summed E-state index contributed by atoms with van der Waals surface area (Å²) in [6.45, 7) is 2.73. The van der Waals surface area contributed by atoms with Gasteiger partial charge in [-0.3, -0.25) is 14.4 Å². The summed E-state index contributed by atoms with van der Waals surface area (Å²) in [5.74, 6) is -1.67. The van der Waals surface area contributed by atoms with Crippen LogP contribution in [-0.2, 0) is 9.59 Å². The number of ether oxygens (including phenoxy) is 2. The minimum absolute atomic E-state index is 0.246. The number of carboxylic acids is 1. The smallest absolute Gasteiger partial charge is 0.323 e. The summed E-state index contributed by atoms with van der Waals surface area (Å²) in [7, 11) is 1.39. The summed E-state index contributed by atoms with van der Waals surface area (Å²) in [6.07, 6.45) is 0. The van der Waals surface area contributed by atoms with E-state index in [4.69, 9.17) is 20.3 Å².